The molecule has 10 heteroatoms. The molecule has 0 aliphatic rings. The first-order valence-electron chi connectivity index (χ1n) is 18.7. The number of pyridine rings is 2. The van der Waals surface area contributed by atoms with Crippen molar-refractivity contribution in [2.45, 2.75) is 0 Å². The summed E-state index contributed by atoms with van der Waals surface area (Å²) in [5, 5.41) is 4.11. The van der Waals surface area contributed by atoms with Gasteiger partial charge in [-0.25, -0.2) is 19.9 Å². The molecule has 0 atom stereocenters. The van der Waals surface area contributed by atoms with Crippen molar-refractivity contribution in [3.05, 3.63) is 158 Å². The Morgan fingerprint density at radius 3 is 1.79 bits per heavy atom. The zero-order valence-electron chi connectivity index (χ0n) is 30.4. The average Bonchev–Trinajstić information content (AvgIpc) is 3.91. The zero-order chi connectivity index (χ0) is 38.2. The standard InChI is InChI=1S/C48H26N8O2/c1-2-8-31-30(7-1)29(27-14-16-28(17-15-27)48-53-39-21-20-33-32-9-3-4-13-40(32)57-43(33)44(39)58-48)18-19-34(31)45-54-46(35-10-5-11-37-41(35)52-26-25-50-37)56-47(55-45)36-22-24-49-38-12-6-23-51-42(36)38/h1-26H. The summed E-state index contributed by atoms with van der Waals surface area (Å²) in [6.45, 7) is 0. The SMILES string of the molecule is c1cc(-c2nc(-c3ccc(-c4ccc(-c5nc6ccc7c8ccccc8oc7c6o5)cc4)c4ccccc34)nc(-c3ccnc4cccnc34)n2)c2nccnc2c1. The Balaban J connectivity index is 0.980. The van der Waals surface area contributed by atoms with E-state index in [1.807, 2.05) is 84.9 Å². The van der Waals surface area contributed by atoms with Crippen LogP contribution >= 0.6 is 0 Å². The summed E-state index contributed by atoms with van der Waals surface area (Å²) in [5.74, 6) is 2.02. The molecule has 0 aliphatic heterocycles. The van der Waals surface area contributed by atoms with E-state index < -0.39 is 0 Å². The lowest BCUT2D eigenvalue weighted by atomic mass is 9.94. The van der Waals surface area contributed by atoms with E-state index in [0.29, 0.717) is 45.6 Å². The number of oxazole rings is 1. The molecule has 0 radical (unpaired) electrons. The van der Waals surface area contributed by atoms with Gasteiger partial charge in [-0.2, -0.15) is 0 Å². The largest absolute Gasteiger partial charge is 0.452 e. The molecule has 0 saturated heterocycles. The molecule has 0 spiro atoms. The third-order valence-electron chi connectivity index (χ3n) is 10.6. The number of fused-ring (bicyclic) bond motifs is 8. The number of nitrogens with zero attached hydrogens (tertiary/aromatic N) is 8. The highest BCUT2D eigenvalue weighted by Crippen LogP contribution is 2.39. The molecule has 6 aromatic heterocycles. The van der Waals surface area contributed by atoms with Crippen molar-refractivity contribution >= 4 is 65.9 Å². The van der Waals surface area contributed by atoms with Gasteiger partial charge in [-0.15, -0.1) is 0 Å². The lowest BCUT2D eigenvalue weighted by Crippen LogP contribution is -2.02. The van der Waals surface area contributed by atoms with Crippen LogP contribution < -0.4 is 0 Å². The maximum atomic E-state index is 6.37. The second-order valence-electron chi connectivity index (χ2n) is 14.0. The number of aromatic nitrogens is 8. The first-order valence-corrected chi connectivity index (χ1v) is 18.7. The number of para-hydroxylation sites is 2. The molecule has 0 N–H and O–H groups in total. The van der Waals surface area contributed by atoms with Crippen LogP contribution in [0.5, 0.6) is 0 Å². The molecule has 0 amide bonds. The molecule has 270 valence electrons. The monoisotopic (exact) mass is 746 g/mol. The zero-order valence-corrected chi connectivity index (χ0v) is 30.4. The summed E-state index contributed by atoms with van der Waals surface area (Å²) in [6.07, 6.45) is 6.87. The number of furan rings is 1. The van der Waals surface area contributed by atoms with E-state index in [-0.39, 0.29) is 0 Å². The highest BCUT2D eigenvalue weighted by molar-refractivity contribution is 6.13. The molecule has 58 heavy (non-hydrogen) atoms. The molecular formula is C48H26N8O2. The Hall–Kier alpha value is -8.24. The predicted octanol–water partition coefficient (Wildman–Crippen LogP) is 11.3. The first kappa shape index (κ1) is 32.0. The minimum absolute atomic E-state index is 0.482. The Kier molecular flexibility index (Phi) is 6.99. The van der Waals surface area contributed by atoms with Gasteiger partial charge < -0.3 is 8.83 Å². The van der Waals surface area contributed by atoms with Crippen LogP contribution in [0.3, 0.4) is 0 Å². The van der Waals surface area contributed by atoms with Gasteiger partial charge in [0, 0.05) is 57.8 Å². The van der Waals surface area contributed by atoms with Crippen LogP contribution in [-0.2, 0) is 0 Å². The van der Waals surface area contributed by atoms with E-state index in [2.05, 4.69) is 68.5 Å². The molecule has 6 heterocycles. The Morgan fingerprint density at radius 2 is 0.966 bits per heavy atom. The van der Waals surface area contributed by atoms with Crippen molar-refractivity contribution in [3.8, 4) is 56.7 Å². The first-order chi connectivity index (χ1) is 28.7. The predicted molar refractivity (Wildman–Crippen MR) is 226 cm³/mol. The number of benzene rings is 6. The van der Waals surface area contributed by atoms with Crippen molar-refractivity contribution in [1.29, 1.82) is 0 Å². The van der Waals surface area contributed by atoms with Gasteiger partial charge in [-0.3, -0.25) is 19.9 Å². The van der Waals surface area contributed by atoms with Gasteiger partial charge in [-0.1, -0.05) is 66.7 Å². The van der Waals surface area contributed by atoms with Gasteiger partial charge in [0.15, 0.2) is 28.6 Å². The fourth-order valence-corrected chi connectivity index (χ4v) is 7.90. The Morgan fingerprint density at radius 1 is 0.328 bits per heavy atom. The molecule has 6 aromatic carbocycles. The molecule has 12 aromatic rings. The molecule has 0 saturated carbocycles. The van der Waals surface area contributed by atoms with Gasteiger partial charge in [0.05, 0.1) is 22.1 Å². The molecule has 10 nitrogen and oxygen atoms in total. The second-order valence-corrected chi connectivity index (χ2v) is 14.0. The van der Waals surface area contributed by atoms with Gasteiger partial charge >= 0.3 is 0 Å². The Labute approximate surface area is 328 Å². The maximum Gasteiger partial charge on any atom is 0.227 e. The highest BCUT2D eigenvalue weighted by Gasteiger charge is 2.20. The number of rotatable bonds is 5. The lowest BCUT2D eigenvalue weighted by Gasteiger charge is -2.14. The van der Waals surface area contributed by atoms with Crippen molar-refractivity contribution < 1.29 is 8.83 Å². The van der Waals surface area contributed by atoms with Crippen molar-refractivity contribution in [2.75, 3.05) is 0 Å². The van der Waals surface area contributed by atoms with Crippen LogP contribution in [0.4, 0.5) is 0 Å². The smallest absolute Gasteiger partial charge is 0.227 e. The van der Waals surface area contributed by atoms with Crippen LogP contribution in [0.25, 0.3) is 123 Å². The molecule has 0 bridgehead atoms. The van der Waals surface area contributed by atoms with Gasteiger partial charge in [0.2, 0.25) is 5.89 Å². The number of hydrogen-bond donors (Lipinski definition) is 0. The third kappa shape index (κ3) is 5.05. The second kappa shape index (κ2) is 12.7. The Bertz CT molecular complexity index is 3490. The van der Waals surface area contributed by atoms with Crippen LogP contribution in [0, 0.1) is 0 Å². The van der Waals surface area contributed by atoms with Gasteiger partial charge in [-0.05, 0) is 88.6 Å². The van der Waals surface area contributed by atoms with Crippen molar-refractivity contribution in [1.82, 2.24) is 39.9 Å². The van der Waals surface area contributed by atoms with Gasteiger partial charge in [0.1, 0.15) is 11.1 Å². The van der Waals surface area contributed by atoms with E-state index in [4.69, 9.17) is 28.8 Å². The minimum atomic E-state index is 0.482. The third-order valence-corrected chi connectivity index (χ3v) is 10.6. The summed E-state index contributed by atoms with van der Waals surface area (Å²) >= 11 is 0. The summed E-state index contributed by atoms with van der Waals surface area (Å²) in [6, 6.07) is 44.4. The van der Waals surface area contributed by atoms with Crippen LogP contribution in [-0.4, -0.2) is 39.9 Å². The summed E-state index contributed by atoms with van der Waals surface area (Å²) in [4.78, 5) is 38.5. The van der Waals surface area contributed by atoms with Crippen molar-refractivity contribution in [3.63, 3.8) is 0 Å². The highest BCUT2D eigenvalue weighted by atomic mass is 16.4. The van der Waals surface area contributed by atoms with E-state index >= 15 is 0 Å². The van der Waals surface area contributed by atoms with Gasteiger partial charge in [0.25, 0.3) is 0 Å². The average molecular weight is 747 g/mol. The molecule has 0 fully saturated rings. The van der Waals surface area contributed by atoms with Crippen LogP contribution in [0.15, 0.2) is 167 Å². The van der Waals surface area contributed by atoms with E-state index in [0.717, 1.165) is 77.1 Å². The lowest BCUT2D eigenvalue weighted by molar-refractivity contribution is 0.603. The summed E-state index contributed by atoms with van der Waals surface area (Å²) in [7, 11) is 0. The van der Waals surface area contributed by atoms with E-state index in [1.54, 1.807) is 24.8 Å². The number of hydrogen-bond acceptors (Lipinski definition) is 10. The summed E-state index contributed by atoms with van der Waals surface area (Å²) < 4.78 is 12.6. The topological polar surface area (TPSA) is 129 Å². The molecule has 0 unspecified atom stereocenters. The quantitative estimate of drug-likeness (QED) is 0.168. The molecule has 0 aliphatic carbocycles. The van der Waals surface area contributed by atoms with E-state index in [1.165, 1.54) is 0 Å². The minimum Gasteiger partial charge on any atom is -0.452 e. The van der Waals surface area contributed by atoms with Crippen molar-refractivity contribution in [2.24, 2.45) is 0 Å². The fraction of sp³-hybridized carbons (Fsp3) is 0. The molecular weight excluding hydrogens is 721 g/mol. The van der Waals surface area contributed by atoms with Crippen LogP contribution in [0.1, 0.15) is 0 Å². The normalized spacial score (nSPS) is 11.8. The van der Waals surface area contributed by atoms with E-state index in [9.17, 15) is 0 Å². The van der Waals surface area contributed by atoms with Crippen LogP contribution in [0.2, 0.25) is 0 Å². The maximum absolute atomic E-state index is 6.37. The fourth-order valence-electron chi connectivity index (χ4n) is 7.90. The summed E-state index contributed by atoms with van der Waals surface area (Å²) in [5.41, 5.74) is 11.2. The molecule has 12 rings (SSSR count).